The summed E-state index contributed by atoms with van der Waals surface area (Å²) in [5.74, 6) is 1.95. The van der Waals surface area contributed by atoms with Crippen LogP contribution in [0.3, 0.4) is 0 Å². The Morgan fingerprint density at radius 2 is 1.04 bits per heavy atom. The number of thiophene rings is 2. The van der Waals surface area contributed by atoms with E-state index in [0.29, 0.717) is 0 Å². The van der Waals surface area contributed by atoms with Crippen LogP contribution in [0, 0.1) is 0 Å². The fourth-order valence-corrected chi connectivity index (χ4v) is 7.00. The molecule has 2 fully saturated rings. The number of nitrogens with zero attached hydrogens (tertiary/aromatic N) is 8. The van der Waals surface area contributed by atoms with Gasteiger partial charge in [-0.05, 0) is 49.0 Å². The smallest absolute Gasteiger partial charge is 0.172 e. The lowest BCUT2D eigenvalue weighted by Gasteiger charge is -2.27. The lowest BCUT2D eigenvalue weighted by molar-refractivity contribution is 0.571. The topological polar surface area (TPSA) is 83.8 Å². The summed E-state index contributed by atoms with van der Waals surface area (Å²) in [7, 11) is 0. The molecule has 2 aliphatic heterocycles. The van der Waals surface area contributed by atoms with Gasteiger partial charge >= 0.3 is 0 Å². The van der Waals surface area contributed by atoms with Crippen molar-refractivity contribution in [3.8, 4) is 0 Å². The number of rotatable bonds is 2. The van der Waals surface area contributed by atoms with Gasteiger partial charge in [0.25, 0.3) is 0 Å². The highest BCUT2D eigenvalue weighted by Crippen LogP contribution is 2.46. The Morgan fingerprint density at radius 1 is 0.571 bits per heavy atom. The van der Waals surface area contributed by atoms with E-state index < -0.39 is 0 Å². The van der Waals surface area contributed by atoms with Gasteiger partial charge < -0.3 is 9.80 Å². The van der Waals surface area contributed by atoms with Crippen molar-refractivity contribution in [2.75, 3.05) is 36.0 Å². The van der Waals surface area contributed by atoms with Gasteiger partial charge in [-0.25, -0.2) is 0 Å². The van der Waals surface area contributed by atoms with Gasteiger partial charge in [0, 0.05) is 26.2 Å². The van der Waals surface area contributed by atoms with Crippen LogP contribution in [0.2, 0.25) is 0 Å². The summed E-state index contributed by atoms with van der Waals surface area (Å²) < 4.78 is 3.46. The van der Waals surface area contributed by atoms with Gasteiger partial charge in [0.1, 0.15) is 20.4 Å². The first kappa shape index (κ1) is 16.7. The average Bonchev–Trinajstić information content (AvgIpc) is 3.31. The molecule has 2 saturated heterocycles. The van der Waals surface area contributed by atoms with E-state index in [0.717, 1.165) is 63.6 Å². The van der Waals surface area contributed by atoms with Crippen LogP contribution in [-0.4, -0.2) is 57.0 Å². The monoisotopic (exact) mass is 412 g/mol. The van der Waals surface area contributed by atoms with E-state index in [-0.39, 0.29) is 0 Å². The SMILES string of the molecule is C1CCN(c2nnnc3c2sc2sc4c(N5CCCCC5)nnnc4c23)CC1. The molecule has 6 rings (SSSR count). The van der Waals surface area contributed by atoms with Crippen LogP contribution in [0.4, 0.5) is 11.6 Å². The molecule has 0 saturated carbocycles. The number of hydrogen-bond donors (Lipinski definition) is 0. The zero-order chi connectivity index (χ0) is 18.5. The molecule has 10 heteroatoms. The molecule has 144 valence electrons. The minimum atomic E-state index is 0.909. The van der Waals surface area contributed by atoms with E-state index in [1.807, 2.05) is 0 Å². The molecule has 0 unspecified atom stereocenters. The van der Waals surface area contributed by atoms with E-state index in [1.165, 1.54) is 42.5 Å². The molecular weight excluding hydrogens is 392 g/mol. The maximum Gasteiger partial charge on any atom is 0.172 e. The van der Waals surface area contributed by atoms with E-state index >= 15 is 0 Å². The Bertz CT molecular complexity index is 1070. The lowest BCUT2D eigenvalue weighted by atomic mass is 10.1. The molecule has 0 N–H and O–H groups in total. The maximum atomic E-state index is 4.42. The number of piperidine rings is 2. The Hall–Kier alpha value is -2.20. The first-order chi connectivity index (χ1) is 13.9. The third-order valence-electron chi connectivity index (χ3n) is 5.78. The van der Waals surface area contributed by atoms with Gasteiger partial charge in [0.05, 0.1) is 9.40 Å². The van der Waals surface area contributed by atoms with Gasteiger partial charge in [-0.15, -0.1) is 43.1 Å². The van der Waals surface area contributed by atoms with Gasteiger partial charge in [-0.3, -0.25) is 0 Å². The first-order valence-electron chi connectivity index (χ1n) is 9.97. The van der Waals surface area contributed by atoms with E-state index in [2.05, 4.69) is 40.6 Å². The normalized spacial score (nSPS) is 18.6. The fraction of sp³-hybridized carbons (Fsp3) is 0.556. The molecule has 4 aromatic rings. The summed E-state index contributed by atoms with van der Waals surface area (Å²) >= 11 is 3.52. The molecule has 2 aliphatic rings. The van der Waals surface area contributed by atoms with Crippen molar-refractivity contribution >= 4 is 64.1 Å². The number of aromatic nitrogens is 6. The Labute approximate surface area is 169 Å². The Balaban J connectivity index is 1.54. The summed E-state index contributed by atoms with van der Waals surface area (Å²) in [4.78, 5) is 4.71. The van der Waals surface area contributed by atoms with Gasteiger partial charge in [-0.1, -0.05) is 0 Å². The number of hydrogen-bond acceptors (Lipinski definition) is 10. The molecule has 0 atom stereocenters. The van der Waals surface area contributed by atoms with Crippen LogP contribution in [0.5, 0.6) is 0 Å². The summed E-state index contributed by atoms with van der Waals surface area (Å²) in [6, 6.07) is 0. The standard InChI is InChI=1S/C18H20N8S2/c1-3-7-25(8-4-1)16-14-12(19-23-21-16)11-13-15(28-18(11)27-14)17(22-24-20-13)26-9-5-2-6-10-26/h1-10H2. The van der Waals surface area contributed by atoms with Crippen molar-refractivity contribution in [1.29, 1.82) is 0 Å². The van der Waals surface area contributed by atoms with Crippen LogP contribution >= 0.6 is 22.7 Å². The maximum absolute atomic E-state index is 4.42. The van der Waals surface area contributed by atoms with Crippen LogP contribution in [0.1, 0.15) is 38.5 Å². The first-order valence-corrected chi connectivity index (χ1v) is 11.6. The summed E-state index contributed by atoms with van der Waals surface area (Å²) in [5.41, 5.74) is 1.82. The molecule has 0 amide bonds. The molecule has 0 bridgehead atoms. The van der Waals surface area contributed by atoms with E-state index in [1.54, 1.807) is 22.7 Å². The minimum Gasteiger partial charge on any atom is -0.354 e. The highest BCUT2D eigenvalue weighted by Gasteiger charge is 2.25. The molecule has 8 nitrogen and oxygen atoms in total. The zero-order valence-corrected chi connectivity index (χ0v) is 17.1. The molecule has 4 aromatic heterocycles. The molecule has 0 aliphatic carbocycles. The van der Waals surface area contributed by atoms with Gasteiger partial charge in [0.15, 0.2) is 11.6 Å². The van der Waals surface area contributed by atoms with Gasteiger partial charge in [-0.2, -0.15) is 0 Å². The second-order valence-electron chi connectivity index (χ2n) is 7.54. The van der Waals surface area contributed by atoms with E-state index in [9.17, 15) is 0 Å². The van der Waals surface area contributed by atoms with Crippen LogP contribution in [0.15, 0.2) is 0 Å². The lowest BCUT2D eigenvalue weighted by Crippen LogP contribution is -2.30. The second-order valence-corrected chi connectivity index (χ2v) is 9.84. The van der Waals surface area contributed by atoms with Crippen LogP contribution < -0.4 is 9.80 Å². The van der Waals surface area contributed by atoms with Gasteiger partial charge in [0.2, 0.25) is 0 Å². The number of anilines is 2. The third kappa shape index (κ3) is 2.54. The highest BCUT2D eigenvalue weighted by molar-refractivity contribution is 7.45. The predicted octanol–water partition coefficient (Wildman–Crippen LogP) is 3.62. The van der Waals surface area contributed by atoms with Crippen molar-refractivity contribution in [3.05, 3.63) is 0 Å². The summed E-state index contributed by atoms with van der Waals surface area (Å²) in [6.07, 6.45) is 7.44. The molecule has 0 radical (unpaired) electrons. The summed E-state index contributed by atoms with van der Waals surface area (Å²) in [6.45, 7) is 4.18. The molecule has 6 heterocycles. The minimum absolute atomic E-state index is 0.909. The van der Waals surface area contributed by atoms with Crippen LogP contribution in [-0.2, 0) is 0 Å². The molecular formula is C18H20N8S2. The van der Waals surface area contributed by atoms with E-state index in [4.69, 9.17) is 0 Å². The largest absolute Gasteiger partial charge is 0.354 e. The van der Waals surface area contributed by atoms with Crippen molar-refractivity contribution in [3.63, 3.8) is 0 Å². The Kier molecular flexibility index (Phi) is 4.00. The quantitative estimate of drug-likeness (QED) is 0.494. The third-order valence-corrected chi connectivity index (χ3v) is 8.22. The summed E-state index contributed by atoms with van der Waals surface area (Å²) in [5, 5.41) is 26.9. The average molecular weight is 413 g/mol. The zero-order valence-electron chi connectivity index (χ0n) is 15.5. The fourth-order valence-electron chi connectivity index (χ4n) is 4.37. The number of fused-ring (bicyclic) bond motifs is 5. The van der Waals surface area contributed by atoms with Crippen molar-refractivity contribution < 1.29 is 0 Å². The van der Waals surface area contributed by atoms with Crippen LogP contribution in [0.25, 0.3) is 29.8 Å². The van der Waals surface area contributed by atoms with Crippen molar-refractivity contribution in [1.82, 2.24) is 30.8 Å². The second kappa shape index (κ2) is 6.70. The molecule has 0 aromatic carbocycles. The Morgan fingerprint density at radius 3 is 1.50 bits per heavy atom. The highest BCUT2D eigenvalue weighted by atomic mass is 32.2. The molecule has 0 spiro atoms. The molecule has 28 heavy (non-hydrogen) atoms. The predicted molar refractivity (Wildman–Crippen MR) is 114 cm³/mol. The van der Waals surface area contributed by atoms with Crippen molar-refractivity contribution in [2.45, 2.75) is 38.5 Å². The van der Waals surface area contributed by atoms with Crippen molar-refractivity contribution in [2.24, 2.45) is 0 Å².